The van der Waals surface area contributed by atoms with Gasteiger partial charge in [-0.05, 0) is 24.1 Å². The molecule has 0 aliphatic rings. The first kappa shape index (κ1) is 16.5. The van der Waals surface area contributed by atoms with Gasteiger partial charge in [0.2, 0.25) is 5.91 Å². The molecule has 0 saturated heterocycles. The smallest absolute Gasteiger partial charge is 0.255 e. The third-order valence-corrected chi connectivity index (χ3v) is 3.61. The highest BCUT2D eigenvalue weighted by atomic mass is 16.5. The van der Waals surface area contributed by atoms with Crippen LogP contribution in [0.25, 0.3) is 0 Å². The molecule has 0 aliphatic carbocycles. The molecule has 0 unspecified atom stereocenters. The fourth-order valence-electron chi connectivity index (χ4n) is 2.40. The van der Waals surface area contributed by atoms with Crippen LogP contribution in [0.5, 0.6) is 5.75 Å². The Morgan fingerprint density at radius 2 is 1.83 bits per heavy atom. The molecule has 0 spiro atoms. The zero-order valence-electron chi connectivity index (χ0n) is 13.2. The number of carbonyl (C=O) groups excluding carboxylic acids is 2. The highest BCUT2D eigenvalue weighted by Gasteiger charge is 2.22. The van der Waals surface area contributed by atoms with E-state index in [4.69, 9.17) is 10.5 Å². The minimum absolute atomic E-state index is 0.343. The normalized spacial score (nSPS) is 11.6. The Balaban J connectivity index is 2.21. The summed E-state index contributed by atoms with van der Waals surface area (Å²) in [5.41, 5.74) is 7.54. The number of methoxy groups -OCH3 is 1. The molecule has 1 atom stereocenters. The molecule has 0 fully saturated rings. The summed E-state index contributed by atoms with van der Waals surface area (Å²) in [7, 11) is 1.50. The van der Waals surface area contributed by atoms with Crippen LogP contribution in [0.1, 0.15) is 21.5 Å². The molecule has 0 aromatic heterocycles. The molecular formula is C18H20N2O3. The number of nitrogens with two attached hydrogens (primary N) is 1. The second-order valence-electron chi connectivity index (χ2n) is 5.27. The Morgan fingerprint density at radius 3 is 2.43 bits per heavy atom. The largest absolute Gasteiger partial charge is 0.496 e. The maximum Gasteiger partial charge on any atom is 0.255 e. The Hall–Kier alpha value is -2.82. The monoisotopic (exact) mass is 312 g/mol. The highest BCUT2D eigenvalue weighted by Crippen LogP contribution is 2.21. The minimum atomic E-state index is -0.783. The van der Waals surface area contributed by atoms with Gasteiger partial charge in [0.1, 0.15) is 11.8 Å². The Morgan fingerprint density at radius 1 is 1.13 bits per heavy atom. The van der Waals surface area contributed by atoms with Gasteiger partial charge >= 0.3 is 0 Å². The maximum atomic E-state index is 12.6. The molecule has 2 amide bonds. The summed E-state index contributed by atoms with van der Waals surface area (Å²) < 4.78 is 5.23. The van der Waals surface area contributed by atoms with Crippen molar-refractivity contribution in [2.45, 2.75) is 19.4 Å². The lowest BCUT2D eigenvalue weighted by molar-refractivity contribution is -0.119. The fourth-order valence-corrected chi connectivity index (χ4v) is 2.40. The molecule has 2 rings (SSSR count). The van der Waals surface area contributed by atoms with Gasteiger partial charge in [-0.3, -0.25) is 9.59 Å². The maximum absolute atomic E-state index is 12.6. The number of hydrogen-bond donors (Lipinski definition) is 2. The topological polar surface area (TPSA) is 81.4 Å². The number of benzene rings is 2. The van der Waals surface area contributed by atoms with Gasteiger partial charge in [-0.15, -0.1) is 0 Å². The van der Waals surface area contributed by atoms with Gasteiger partial charge in [0.05, 0.1) is 12.7 Å². The van der Waals surface area contributed by atoms with Crippen molar-refractivity contribution in [3.63, 3.8) is 0 Å². The van der Waals surface area contributed by atoms with Gasteiger partial charge < -0.3 is 15.8 Å². The average Bonchev–Trinajstić information content (AvgIpc) is 2.54. The number of primary amides is 1. The van der Waals surface area contributed by atoms with Crippen molar-refractivity contribution in [2.24, 2.45) is 5.73 Å². The van der Waals surface area contributed by atoms with Gasteiger partial charge in [-0.2, -0.15) is 0 Å². The van der Waals surface area contributed by atoms with E-state index in [-0.39, 0.29) is 5.91 Å². The zero-order valence-corrected chi connectivity index (χ0v) is 13.2. The average molecular weight is 312 g/mol. The minimum Gasteiger partial charge on any atom is -0.496 e. The van der Waals surface area contributed by atoms with E-state index in [0.29, 0.717) is 17.7 Å². The van der Waals surface area contributed by atoms with Crippen LogP contribution in [0, 0.1) is 6.92 Å². The Labute approximate surface area is 135 Å². The summed E-state index contributed by atoms with van der Waals surface area (Å²) >= 11 is 0. The predicted molar refractivity (Wildman–Crippen MR) is 88.3 cm³/mol. The molecule has 5 heteroatoms. The van der Waals surface area contributed by atoms with Crippen molar-refractivity contribution in [1.29, 1.82) is 0 Å². The standard InChI is InChI=1S/C18H20N2O3/c1-12-7-6-10-15(23-2)16(12)18(22)20-14(17(19)21)11-13-8-4-3-5-9-13/h3-10,14H,11H2,1-2H3,(H2,19,21)(H,20,22)/t14-/m0/s1. The summed E-state index contributed by atoms with van der Waals surface area (Å²) in [6.45, 7) is 1.81. The second-order valence-corrected chi connectivity index (χ2v) is 5.27. The van der Waals surface area contributed by atoms with Crippen molar-refractivity contribution in [2.75, 3.05) is 7.11 Å². The Kier molecular flexibility index (Phi) is 5.36. The summed E-state index contributed by atoms with van der Waals surface area (Å²) in [5.74, 6) is -0.486. The fraction of sp³-hybridized carbons (Fsp3) is 0.222. The highest BCUT2D eigenvalue weighted by molar-refractivity contribution is 6.00. The lowest BCUT2D eigenvalue weighted by Crippen LogP contribution is -2.46. The van der Waals surface area contributed by atoms with E-state index in [1.54, 1.807) is 12.1 Å². The van der Waals surface area contributed by atoms with Crippen molar-refractivity contribution in [3.8, 4) is 5.75 Å². The molecular weight excluding hydrogens is 292 g/mol. The third kappa shape index (κ3) is 4.10. The zero-order chi connectivity index (χ0) is 16.8. The van der Waals surface area contributed by atoms with Crippen molar-refractivity contribution in [3.05, 3.63) is 65.2 Å². The SMILES string of the molecule is COc1cccc(C)c1C(=O)N[C@@H](Cc1ccccc1)C(N)=O. The van der Waals surface area contributed by atoms with Gasteiger partial charge in [-0.1, -0.05) is 42.5 Å². The molecule has 0 saturated carbocycles. The lowest BCUT2D eigenvalue weighted by atomic mass is 10.0. The molecule has 2 aromatic rings. The predicted octanol–water partition coefficient (Wildman–Crippen LogP) is 1.83. The lowest BCUT2D eigenvalue weighted by Gasteiger charge is -2.18. The van der Waals surface area contributed by atoms with E-state index in [0.717, 1.165) is 11.1 Å². The van der Waals surface area contributed by atoms with Gasteiger partial charge in [0.15, 0.2) is 0 Å². The van der Waals surface area contributed by atoms with Crippen molar-refractivity contribution < 1.29 is 14.3 Å². The number of nitrogens with one attached hydrogen (secondary N) is 1. The van der Waals surface area contributed by atoms with Crippen LogP contribution >= 0.6 is 0 Å². The second kappa shape index (κ2) is 7.45. The molecule has 0 bridgehead atoms. The van der Waals surface area contributed by atoms with E-state index in [2.05, 4.69) is 5.32 Å². The number of hydrogen-bond acceptors (Lipinski definition) is 3. The van der Waals surface area contributed by atoms with E-state index in [1.165, 1.54) is 7.11 Å². The van der Waals surface area contributed by atoms with E-state index in [9.17, 15) is 9.59 Å². The number of aryl methyl sites for hydroxylation is 1. The van der Waals surface area contributed by atoms with E-state index in [1.807, 2.05) is 43.3 Å². The van der Waals surface area contributed by atoms with Crippen LogP contribution in [0.15, 0.2) is 48.5 Å². The molecule has 0 heterocycles. The molecule has 120 valence electrons. The van der Waals surface area contributed by atoms with Gasteiger partial charge in [0.25, 0.3) is 5.91 Å². The van der Waals surface area contributed by atoms with Crippen LogP contribution in [0.2, 0.25) is 0 Å². The van der Waals surface area contributed by atoms with Crippen LogP contribution in [-0.2, 0) is 11.2 Å². The molecule has 0 radical (unpaired) electrons. The third-order valence-electron chi connectivity index (χ3n) is 3.61. The summed E-state index contributed by atoms with van der Waals surface area (Å²) in [6.07, 6.45) is 0.343. The molecule has 3 N–H and O–H groups in total. The number of ether oxygens (including phenoxy) is 1. The van der Waals surface area contributed by atoms with Crippen LogP contribution < -0.4 is 15.8 Å². The quantitative estimate of drug-likeness (QED) is 0.854. The summed E-state index contributed by atoms with van der Waals surface area (Å²) in [4.78, 5) is 24.2. The van der Waals surface area contributed by atoms with Crippen molar-refractivity contribution in [1.82, 2.24) is 5.32 Å². The van der Waals surface area contributed by atoms with E-state index < -0.39 is 11.9 Å². The van der Waals surface area contributed by atoms with Crippen LogP contribution in [0.4, 0.5) is 0 Å². The van der Waals surface area contributed by atoms with Gasteiger partial charge in [-0.25, -0.2) is 0 Å². The van der Waals surface area contributed by atoms with Crippen LogP contribution in [0.3, 0.4) is 0 Å². The van der Waals surface area contributed by atoms with Gasteiger partial charge in [0, 0.05) is 6.42 Å². The van der Waals surface area contributed by atoms with Crippen LogP contribution in [-0.4, -0.2) is 25.0 Å². The number of carbonyl (C=O) groups is 2. The first-order valence-corrected chi connectivity index (χ1v) is 7.30. The molecule has 23 heavy (non-hydrogen) atoms. The van der Waals surface area contributed by atoms with Crippen molar-refractivity contribution >= 4 is 11.8 Å². The first-order valence-electron chi connectivity index (χ1n) is 7.30. The van der Waals surface area contributed by atoms with E-state index >= 15 is 0 Å². The Bertz CT molecular complexity index is 699. The molecule has 0 aliphatic heterocycles. The molecule has 5 nitrogen and oxygen atoms in total. The summed E-state index contributed by atoms with van der Waals surface area (Å²) in [6, 6.07) is 14.0. The number of amides is 2. The number of rotatable bonds is 6. The summed E-state index contributed by atoms with van der Waals surface area (Å²) in [5, 5.41) is 2.70. The molecule has 2 aromatic carbocycles. The first-order chi connectivity index (χ1) is 11.0.